The predicted octanol–water partition coefficient (Wildman–Crippen LogP) is 4.37. The molecule has 7 heteroatoms. The monoisotopic (exact) mass is 446 g/mol. The third kappa shape index (κ3) is 3.82. The van der Waals surface area contributed by atoms with Gasteiger partial charge >= 0.3 is 11.9 Å². The maximum atomic E-state index is 13.6. The van der Waals surface area contributed by atoms with Gasteiger partial charge in [-0.1, -0.05) is 0 Å². The number of aryl methyl sites for hydroxylation is 3. The lowest BCUT2D eigenvalue weighted by Crippen LogP contribution is -2.31. The Balaban J connectivity index is 1.97. The minimum atomic E-state index is -1.04. The fraction of sp³-hybridized carbons (Fsp3) is 0.192. The van der Waals surface area contributed by atoms with Gasteiger partial charge in [-0.05, 0) is 61.4 Å². The molecule has 0 bridgehead atoms. The molecule has 0 aliphatic carbocycles. The maximum absolute atomic E-state index is 13.6. The number of nitrogens with zero attached hydrogens (tertiary/aromatic N) is 1. The van der Waals surface area contributed by atoms with Crippen molar-refractivity contribution < 1.29 is 33.5 Å². The van der Waals surface area contributed by atoms with Crippen LogP contribution in [0.4, 0.5) is 0 Å². The van der Waals surface area contributed by atoms with Crippen LogP contribution in [0.15, 0.2) is 48.5 Å². The molecule has 0 spiro atoms. The molecule has 4 rings (SSSR count). The summed E-state index contributed by atoms with van der Waals surface area (Å²) in [6, 6.07) is 14.1. The SMILES string of the molecule is COc1ccc2c(c1)c(C(=O)Oc1c(C)cc(C(=O)O)cc1C)c1cc(OC)ccc1[n+]2C. The number of carboxylic acid groups (broad SMARTS) is 1. The summed E-state index contributed by atoms with van der Waals surface area (Å²) < 4.78 is 18.7. The number of aromatic nitrogens is 1. The molecule has 0 saturated carbocycles. The highest BCUT2D eigenvalue weighted by Crippen LogP contribution is 2.32. The molecule has 0 radical (unpaired) electrons. The van der Waals surface area contributed by atoms with E-state index in [0.717, 1.165) is 11.0 Å². The van der Waals surface area contributed by atoms with Crippen molar-refractivity contribution in [1.29, 1.82) is 0 Å². The Hall–Kier alpha value is -4.13. The van der Waals surface area contributed by atoms with E-state index in [2.05, 4.69) is 0 Å². The molecule has 0 atom stereocenters. The normalized spacial score (nSPS) is 10.9. The van der Waals surface area contributed by atoms with E-state index in [4.69, 9.17) is 14.2 Å². The number of fused-ring (bicyclic) bond motifs is 2. The number of hydrogen-bond donors (Lipinski definition) is 1. The highest BCUT2D eigenvalue weighted by atomic mass is 16.5. The van der Waals surface area contributed by atoms with Crippen molar-refractivity contribution in [1.82, 2.24) is 0 Å². The smallest absolute Gasteiger partial charge is 0.345 e. The third-order valence-electron chi connectivity index (χ3n) is 5.77. The van der Waals surface area contributed by atoms with E-state index in [1.165, 1.54) is 12.1 Å². The van der Waals surface area contributed by atoms with Crippen LogP contribution in [0.1, 0.15) is 31.8 Å². The molecule has 0 amide bonds. The quantitative estimate of drug-likeness (QED) is 0.212. The van der Waals surface area contributed by atoms with E-state index in [0.29, 0.717) is 44.7 Å². The average molecular weight is 446 g/mol. The van der Waals surface area contributed by atoms with Gasteiger partial charge < -0.3 is 19.3 Å². The van der Waals surface area contributed by atoms with Crippen molar-refractivity contribution in [3.05, 3.63) is 70.8 Å². The molecule has 168 valence electrons. The number of ether oxygens (including phenoxy) is 3. The second-order valence-electron chi connectivity index (χ2n) is 7.83. The summed E-state index contributed by atoms with van der Waals surface area (Å²) in [5, 5.41) is 10.6. The number of carbonyl (C=O) groups excluding carboxylic acids is 1. The number of methoxy groups -OCH3 is 2. The van der Waals surface area contributed by atoms with Gasteiger partial charge in [0, 0.05) is 12.1 Å². The number of pyridine rings is 1. The molecule has 1 heterocycles. The second kappa shape index (κ2) is 8.43. The fourth-order valence-corrected chi connectivity index (χ4v) is 4.14. The van der Waals surface area contributed by atoms with E-state index in [-0.39, 0.29) is 5.56 Å². The Bertz CT molecular complexity index is 1350. The van der Waals surface area contributed by atoms with Crippen LogP contribution in [-0.4, -0.2) is 31.3 Å². The molecule has 33 heavy (non-hydrogen) atoms. The van der Waals surface area contributed by atoms with E-state index in [1.54, 1.807) is 40.2 Å². The number of hydrogen-bond acceptors (Lipinski definition) is 5. The van der Waals surface area contributed by atoms with Crippen LogP contribution >= 0.6 is 0 Å². The summed E-state index contributed by atoms with van der Waals surface area (Å²) in [6.07, 6.45) is 0. The summed E-state index contributed by atoms with van der Waals surface area (Å²) >= 11 is 0. The number of carbonyl (C=O) groups is 2. The van der Waals surface area contributed by atoms with Crippen molar-refractivity contribution in [3.8, 4) is 17.2 Å². The van der Waals surface area contributed by atoms with Crippen LogP contribution in [-0.2, 0) is 7.05 Å². The van der Waals surface area contributed by atoms with Gasteiger partial charge in [-0.3, -0.25) is 0 Å². The van der Waals surface area contributed by atoms with Crippen molar-refractivity contribution in [3.63, 3.8) is 0 Å². The maximum Gasteiger partial charge on any atom is 0.345 e. The molecule has 0 fully saturated rings. The van der Waals surface area contributed by atoms with Crippen molar-refractivity contribution in [2.45, 2.75) is 13.8 Å². The molecule has 0 saturated heterocycles. The lowest BCUT2D eigenvalue weighted by atomic mass is 10.0. The highest BCUT2D eigenvalue weighted by molar-refractivity contribution is 6.14. The molecule has 0 unspecified atom stereocenters. The molecule has 4 aromatic rings. The first-order chi connectivity index (χ1) is 15.7. The van der Waals surface area contributed by atoms with Crippen LogP contribution in [0.5, 0.6) is 17.2 Å². The van der Waals surface area contributed by atoms with E-state index >= 15 is 0 Å². The van der Waals surface area contributed by atoms with Crippen molar-refractivity contribution >= 4 is 33.7 Å². The highest BCUT2D eigenvalue weighted by Gasteiger charge is 2.26. The minimum Gasteiger partial charge on any atom is -0.497 e. The van der Waals surface area contributed by atoms with Crippen LogP contribution in [0, 0.1) is 13.8 Å². The van der Waals surface area contributed by atoms with Crippen LogP contribution in [0.25, 0.3) is 21.8 Å². The topological polar surface area (TPSA) is 85.9 Å². The molecule has 7 nitrogen and oxygen atoms in total. The standard InChI is InChI=1S/C26H23NO6/c1-14-10-16(25(28)29)11-15(2)24(14)33-26(30)23-19-12-17(31-4)6-8-21(19)27(3)22-9-7-18(32-5)13-20(22)23/h6-13H,1-5H3/p+1. The first-order valence-electron chi connectivity index (χ1n) is 10.3. The van der Waals surface area contributed by atoms with Gasteiger partial charge in [0.2, 0.25) is 11.0 Å². The molecule has 0 aliphatic heterocycles. The molecular formula is C26H24NO6+. The predicted molar refractivity (Wildman–Crippen MR) is 124 cm³/mol. The van der Waals surface area contributed by atoms with Gasteiger partial charge in [-0.25, -0.2) is 9.59 Å². The number of rotatable bonds is 5. The summed E-state index contributed by atoms with van der Waals surface area (Å²) in [4.78, 5) is 25.0. The zero-order valence-electron chi connectivity index (χ0n) is 19.1. The van der Waals surface area contributed by atoms with Gasteiger partial charge in [-0.15, -0.1) is 0 Å². The van der Waals surface area contributed by atoms with Crippen molar-refractivity contribution in [2.75, 3.05) is 14.2 Å². The number of aromatic carboxylic acids is 1. The van der Waals surface area contributed by atoms with Gasteiger partial charge in [0.25, 0.3) is 0 Å². The van der Waals surface area contributed by atoms with E-state index in [1.807, 2.05) is 35.9 Å². The van der Waals surface area contributed by atoms with Crippen LogP contribution in [0.3, 0.4) is 0 Å². The molecule has 1 N–H and O–H groups in total. The molecule has 1 aromatic heterocycles. The lowest BCUT2D eigenvalue weighted by Gasteiger charge is -2.14. The summed E-state index contributed by atoms with van der Waals surface area (Å²) in [7, 11) is 5.07. The Morgan fingerprint density at radius 1 is 0.818 bits per heavy atom. The summed E-state index contributed by atoms with van der Waals surface area (Å²) in [5.41, 5.74) is 3.29. The molecule has 0 aliphatic rings. The zero-order chi connectivity index (χ0) is 23.9. The van der Waals surface area contributed by atoms with Gasteiger partial charge in [0.15, 0.2) is 0 Å². The van der Waals surface area contributed by atoms with Crippen molar-refractivity contribution in [2.24, 2.45) is 7.05 Å². The first-order valence-corrected chi connectivity index (χ1v) is 10.3. The van der Waals surface area contributed by atoms with Crippen LogP contribution < -0.4 is 18.8 Å². The zero-order valence-corrected chi connectivity index (χ0v) is 19.1. The largest absolute Gasteiger partial charge is 0.497 e. The average Bonchev–Trinajstić information content (AvgIpc) is 2.80. The Kier molecular flexibility index (Phi) is 5.64. The van der Waals surface area contributed by atoms with Gasteiger partial charge in [0.05, 0.1) is 36.1 Å². The van der Waals surface area contributed by atoms with Crippen LogP contribution in [0.2, 0.25) is 0 Å². The molecule has 3 aromatic carbocycles. The van der Waals surface area contributed by atoms with E-state index < -0.39 is 11.9 Å². The van der Waals surface area contributed by atoms with E-state index in [9.17, 15) is 14.7 Å². The summed E-state index contributed by atoms with van der Waals surface area (Å²) in [5.74, 6) is -0.0357. The lowest BCUT2D eigenvalue weighted by molar-refractivity contribution is -0.617. The number of esters is 1. The minimum absolute atomic E-state index is 0.141. The Morgan fingerprint density at radius 3 is 1.73 bits per heavy atom. The first kappa shape index (κ1) is 22.1. The third-order valence-corrected chi connectivity index (χ3v) is 5.77. The van der Waals surface area contributed by atoms with Gasteiger partial charge in [0.1, 0.15) is 24.3 Å². The summed E-state index contributed by atoms with van der Waals surface area (Å²) in [6.45, 7) is 3.44. The van der Waals surface area contributed by atoms with Gasteiger partial charge in [-0.2, -0.15) is 4.57 Å². The fourth-order valence-electron chi connectivity index (χ4n) is 4.14. The number of carboxylic acids is 1. The Morgan fingerprint density at radius 2 is 1.30 bits per heavy atom. The Labute approximate surface area is 190 Å². The number of benzene rings is 3. The second-order valence-corrected chi connectivity index (χ2v) is 7.83. The molecular weight excluding hydrogens is 422 g/mol.